The van der Waals surface area contributed by atoms with Gasteiger partial charge in [-0.15, -0.1) is 12.4 Å². The van der Waals surface area contributed by atoms with Crippen molar-refractivity contribution in [2.75, 3.05) is 33.9 Å². The van der Waals surface area contributed by atoms with Crippen LogP contribution in [0.3, 0.4) is 0 Å². The molecule has 27 heavy (non-hydrogen) atoms. The maximum absolute atomic E-state index is 11.2. The van der Waals surface area contributed by atoms with E-state index in [9.17, 15) is 9.59 Å². The molecule has 0 aromatic rings. The molecular formula is C20H39ClN2O4. The highest BCUT2D eigenvalue weighted by Gasteiger charge is 2.27. The first-order valence-corrected chi connectivity index (χ1v) is 10.1. The van der Waals surface area contributed by atoms with E-state index in [1.807, 2.05) is 0 Å². The lowest BCUT2D eigenvalue weighted by Crippen LogP contribution is -2.29. The fourth-order valence-electron chi connectivity index (χ4n) is 3.92. The van der Waals surface area contributed by atoms with E-state index in [-0.39, 0.29) is 36.2 Å². The molecule has 2 aliphatic rings. The smallest absolute Gasteiger partial charge is 0.308 e. The molecule has 6 nitrogen and oxygen atoms in total. The van der Waals surface area contributed by atoms with Gasteiger partial charge in [-0.1, -0.05) is 6.92 Å². The molecule has 2 fully saturated rings. The standard InChI is InChI=1S/C11H21NO2.C9H17NO2.ClH/c1-3-12-8-9-4-6-10(7-5-9)11(13)14-2;1-12-9(11)8-4-2-7(6-10)3-5-8;/h9-10,12H,3-8H2,1-2H3;7-8H,2-6,10H2,1H3;1H. The molecule has 0 heterocycles. The minimum Gasteiger partial charge on any atom is -0.469 e. The average Bonchev–Trinajstić information content (AvgIpc) is 2.72. The largest absolute Gasteiger partial charge is 0.469 e. The van der Waals surface area contributed by atoms with Crippen molar-refractivity contribution >= 4 is 24.3 Å². The summed E-state index contributed by atoms with van der Waals surface area (Å²) in [6.07, 6.45) is 8.39. The summed E-state index contributed by atoms with van der Waals surface area (Å²) in [7, 11) is 2.93. The second-order valence-corrected chi connectivity index (χ2v) is 7.52. The minimum atomic E-state index is -0.0505. The summed E-state index contributed by atoms with van der Waals surface area (Å²) in [5.41, 5.74) is 5.54. The second kappa shape index (κ2) is 15.1. The van der Waals surface area contributed by atoms with Crippen LogP contribution < -0.4 is 11.1 Å². The molecule has 0 aromatic heterocycles. The Labute approximate surface area is 170 Å². The third-order valence-corrected chi connectivity index (χ3v) is 5.78. The number of rotatable bonds is 6. The van der Waals surface area contributed by atoms with Gasteiger partial charge in [0.25, 0.3) is 0 Å². The van der Waals surface area contributed by atoms with E-state index in [1.54, 1.807) is 0 Å². The molecule has 0 aromatic carbocycles. The molecule has 3 N–H and O–H groups in total. The summed E-state index contributed by atoms with van der Waals surface area (Å²) in [5.74, 6) is 1.62. The van der Waals surface area contributed by atoms with E-state index in [4.69, 9.17) is 10.5 Å². The van der Waals surface area contributed by atoms with Crippen molar-refractivity contribution in [3.8, 4) is 0 Å². The fourth-order valence-corrected chi connectivity index (χ4v) is 3.92. The molecule has 2 saturated carbocycles. The number of esters is 2. The molecule has 0 saturated heterocycles. The highest BCUT2D eigenvalue weighted by atomic mass is 35.5. The molecule has 0 bridgehead atoms. The van der Waals surface area contributed by atoms with Gasteiger partial charge in [-0.25, -0.2) is 0 Å². The third kappa shape index (κ3) is 9.77. The zero-order chi connectivity index (χ0) is 19.4. The Morgan fingerprint density at radius 3 is 1.59 bits per heavy atom. The van der Waals surface area contributed by atoms with E-state index >= 15 is 0 Å². The van der Waals surface area contributed by atoms with Crippen LogP contribution >= 0.6 is 12.4 Å². The molecule has 0 radical (unpaired) electrons. The fraction of sp³-hybridized carbons (Fsp3) is 0.900. The number of hydrogen-bond donors (Lipinski definition) is 2. The van der Waals surface area contributed by atoms with E-state index in [1.165, 1.54) is 14.2 Å². The molecule has 160 valence electrons. The highest BCUT2D eigenvalue weighted by molar-refractivity contribution is 5.85. The van der Waals surface area contributed by atoms with Crippen LogP contribution in [-0.4, -0.2) is 45.8 Å². The van der Waals surface area contributed by atoms with Crippen LogP contribution in [0.25, 0.3) is 0 Å². The molecule has 7 heteroatoms. The first-order valence-electron chi connectivity index (χ1n) is 10.1. The van der Waals surface area contributed by atoms with Crippen molar-refractivity contribution < 1.29 is 19.1 Å². The van der Waals surface area contributed by atoms with Crippen molar-refractivity contribution in [2.24, 2.45) is 29.4 Å². The monoisotopic (exact) mass is 406 g/mol. The summed E-state index contributed by atoms with van der Waals surface area (Å²) in [6, 6.07) is 0. The Hall–Kier alpha value is -0.850. The van der Waals surface area contributed by atoms with E-state index in [0.717, 1.165) is 76.9 Å². The van der Waals surface area contributed by atoms with Crippen LogP contribution in [0.2, 0.25) is 0 Å². The topological polar surface area (TPSA) is 90.6 Å². The number of halogens is 1. The van der Waals surface area contributed by atoms with Crippen LogP contribution in [0.15, 0.2) is 0 Å². The molecule has 2 aliphatic carbocycles. The first kappa shape index (κ1) is 26.1. The van der Waals surface area contributed by atoms with Gasteiger partial charge in [-0.3, -0.25) is 9.59 Å². The van der Waals surface area contributed by atoms with Gasteiger partial charge in [0.05, 0.1) is 26.1 Å². The zero-order valence-corrected chi connectivity index (χ0v) is 18.0. The van der Waals surface area contributed by atoms with Crippen molar-refractivity contribution in [3.63, 3.8) is 0 Å². The summed E-state index contributed by atoms with van der Waals surface area (Å²) in [6.45, 7) is 5.02. The van der Waals surface area contributed by atoms with Gasteiger partial charge in [0.15, 0.2) is 0 Å². The molecule has 0 amide bonds. The van der Waals surface area contributed by atoms with E-state index < -0.39 is 0 Å². The van der Waals surface area contributed by atoms with Crippen LogP contribution in [-0.2, 0) is 19.1 Å². The van der Waals surface area contributed by atoms with E-state index in [0.29, 0.717) is 5.92 Å². The minimum absolute atomic E-state index is 0. The predicted octanol–water partition coefficient (Wildman–Crippen LogP) is 2.92. The predicted molar refractivity (Wildman–Crippen MR) is 110 cm³/mol. The number of nitrogens with one attached hydrogen (secondary N) is 1. The number of ether oxygens (including phenoxy) is 2. The highest BCUT2D eigenvalue weighted by Crippen LogP contribution is 2.29. The zero-order valence-electron chi connectivity index (χ0n) is 17.2. The van der Waals surface area contributed by atoms with Gasteiger partial charge in [-0.05, 0) is 82.8 Å². The number of hydrogen-bond acceptors (Lipinski definition) is 6. The molecule has 2 rings (SSSR count). The van der Waals surface area contributed by atoms with Crippen LogP contribution in [0.1, 0.15) is 58.3 Å². The molecule has 0 atom stereocenters. The van der Waals surface area contributed by atoms with Gasteiger partial charge < -0.3 is 20.5 Å². The van der Waals surface area contributed by atoms with Gasteiger partial charge in [-0.2, -0.15) is 0 Å². The Bertz CT molecular complexity index is 407. The quantitative estimate of drug-likeness (QED) is 0.659. The van der Waals surface area contributed by atoms with Gasteiger partial charge in [0.1, 0.15) is 0 Å². The number of carbonyl (C=O) groups excluding carboxylic acids is 2. The molecule has 0 unspecified atom stereocenters. The van der Waals surface area contributed by atoms with Crippen LogP contribution in [0.4, 0.5) is 0 Å². The normalized spacial score (nSPS) is 27.4. The van der Waals surface area contributed by atoms with E-state index in [2.05, 4.69) is 17.0 Å². The number of methoxy groups -OCH3 is 2. The summed E-state index contributed by atoms with van der Waals surface area (Å²) < 4.78 is 9.44. The lowest BCUT2D eigenvalue weighted by Gasteiger charge is -2.26. The van der Waals surface area contributed by atoms with Gasteiger partial charge >= 0.3 is 11.9 Å². The summed E-state index contributed by atoms with van der Waals surface area (Å²) >= 11 is 0. The van der Waals surface area contributed by atoms with Crippen molar-refractivity contribution in [3.05, 3.63) is 0 Å². The lowest BCUT2D eigenvalue weighted by molar-refractivity contribution is -0.147. The lowest BCUT2D eigenvalue weighted by atomic mass is 9.82. The molecular weight excluding hydrogens is 368 g/mol. The van der Waals surface area contributed by atoms with Crippen molar-refractivity contribution in [1.82, 2.24) is 5.32 Å². The Kier molecular flexibility index (Phi) is 14.6. The SMILES string of the molecule is CCNCC1CCC(C(=O)OC)CC1.COC(=O)C1CCC(CN)CC1.Cl. The molecule has 0 spiro atoms. The number of carbonyl (C=O) groups is 2. The van der Waals surface area contributed by atoms with Crippen molar-refractivity contribution in [1.29, 1.82) is 0 Å². The summed E-state index contributed by atoms with van der Waals surface area (Å²) in [5, 5.41) is 3.36. The molecule has 0 aliphatic heterocycles. The first-order chi connectivity index (χ1) is 12.5. The van der Waals surface area contributed by atoms with Crippen molar-refractivity contribution in [2.45, 2.75) is 58.3 Å². The Morgan fingerprint density at radius 1 is 0.852 bits per heavy atom. The summed E-state index contributed by atoms with van der Waals surface area (Å²) in [4.78, 5) is 22.4. The Morgan fingerprint density at radius 2 is 1.26 bits per heavy atom. The number of nitrogens with two attached hydrogens (primary N) is 1. The second-order valence-electron chi connectivity index (χ2n) is 7.52. The maximum Gasteiger partial charge on any atom is 0.308 e. The van der Waals surface area contributed by atoms with Gasteiger partial charge in [0, 0.05) is 0 Å². The van der Waals surface area contributed by atoms with Crippen LogP contribution in [0, 0.1) is 23.7 Å². The maximum atomic E-state index is 11.2. The average molecular weight is 407 g/mol. The van der Waals surface area contributed by atoms with Gasteiger partial charge in [0.2, 0.25) is 0 Å². The Balaban J connectivity index is 0.000000488. The van der Waals surface area contributed by atoms with Crippen LogP contribution in [0.5, 0.6) is 0 Å². The third-order valence-electron chi connectivity index (χ3n) is 5.78.